The molecule has 3 heteroatoms. The van der Waals surface area contributed by atoms with Crippen molar-refractivity contribution >= 4 is 21.7 Å². The van der Waals surface area contributed by atoms with Crippen molar-refractivity contribution in [3.63, 3.8) is 0 Å². The molecule has 0 bridgehead atoms. The van der Waals surface area contributed by atoms with E-state index in [0.29, 0.717) is 12.0 Å². The topological polar surface area (TPSA) is 17.1 Å². The molecule has 20 heavy (non-hydrogen) atoms. The maximum Gasteiger partial charge on any atom is 0.137 e. The van der Waals surface area contributed by atoms with Gasteiger partial charge in [-0.3, -0.25) is 4.79 Å². The van der Waals surface area contributed by atoms with Crippen LogP contribution in [0.25, 0.3) is 0 Å². The first-order chi connectivity index (χ1) is 9.54. The summed E-state index contributed by atoms with van der Waals surface area (Å²) in [5, 5.41) is 0. The van der Waals surface area contributed by atoms with E-state index in [1.54, 1.807) is 6.07 Å². The largest absolute Gasteiger partial charge is 0.299 e. The van der Waals surface area contributed by atoms with Gasteiger partial charge in [-0.15, -0.1) is 0 Å². The minimum Gasteiger partial charge on any atom is -0.299 e. The molecule has 104 valence electrons. The Morgan fingerprint density at radius 2 is 1.85 bits per heavy atom. The van der Waals surface area contributed by atoms with Crippen LogP contribution in [0.4, 0.5) is 4.39 Å². The summed E-state index contributed by atoms with van der Waals surface area (Å²) in [5.74, 6) is -0.189. The lowest BCUT2D eigenvalue weighted by molar-refractivity contribution is -0.118. The fourth-order valence-corrected chi connectivity index (χ4v) is 2.40. The lowest BCUT2D eigenvalue weighted by atomic mass is 10.0. The molecule has 0 saturated heterocycles. The zero-order valence-electron chi connectivity index (χ0n) is 11.3. The van der Waals surface area contributed by atoms with Gasteiger partial charge in [0.25, 0.3) is 0 Å². The monoisotopic (exact) mass is 334 g/mol. The van der Waals surface area contributed by atoms with E-state index < -0.39 is 0 Å². The molecule has 0 heterocycles. The predicted molar refractivity (Wildman–Crippen MR) is 82.3 cm³/mol. The van der Waals surface area contributed by atoms with E-state index in [2.05, 4.69) is 15.9 Å². The van der Waals surface area contributed by atoms with Crippen molar-refractivity contribution in [1.82, 2.24) is 0 Å². The Hall–Kier alpha value is -1.48. The van der Waals surface area contributed by atoms with Crippen LogP contribution in [-0.2, 0) is 17.6 Å². The predicted octanol–water partition coefficient (Wildman–Crippen LogP) is 4.64. The average Bonchev–Trinajstić information content (AvgIpc) is 2.42. The third-order valence-electron chi connectivity index (χ3n) is 3.21. The number of carbonyl (C=O) groups excluding carboxylic acids is 1. The Morgan fingerprint density at radius 3 is 2.55 bits per heavy atom. The van der Waals surface area contributed by atoms with Crippen LogP contribution >= 0.6 is 15.9 Å². The van der Waals surface area contributed by atoms with Crippen molar-refractivity contribution in [1.29, 1.82) is 0 Å². The molecule has 0 saturated carbocycles. The first-order valence-electron chi connectivity index (χ1n) is 6.56. The highest BCUT2D eigenvalue weighted by Gasteiger charge is 2.08. The van der Waals surface area contributed by atoms with Crippen LogP contribution < -0.4 is 0 Å². The fourth-order valence-electron chi connectivity index (χ4n) is 2.02. The second kappa shape index (κ2) is 6.80. The summed E-state index contributed by atoms with van der Waals surface area (Å²) in [6.07, 6.45) is 1.47. The van der Waals surface area contributed by atoms with Gasteiger partial charge in [-0.1, -0.05) is 45.8 Å². The quantitative estimate of drug-likeness (QED) is 0.778. The van der Waals surface area contributed by atoms with Crippen LogP contribution in [0, 0.1) is 12.7 Å². The van der Waals surface area contributed by atoms with Crippen molar-refractivity contribution < 1.29 is 9.18 Å². The summed E-state index contributed by atoms with van der Waals surface area (Å²) < 4.78 is 13.9. The van der Waals surface area contributed by atoms with Crippen LogP contribution in [0.15, 0.2) is 46.9 Å². The maximum atomic E-state index is 13.2. The Morgan fingerprint density at radius 1 is 1.15 bits per heavy atom. The number of rotatable bonds is 5. The van der Waals surface area contributed by atoms with Crippen molar-refractivity contribution in [3.05, 3.63) is 69.4 Å². The number of hydrogen-bond donors (Lipinski definition) is 0. The lowest BCUT2D eigenvalue weighted by Crippen LogP contribution is -2.05. The highest BCUT2D eigenvalue weighted by Crippen LogP contribution is 2.19. The molecule has 0 aromatic heterocycles. The van der Waals surface area contributed by atoms with Gasteiger partial charge in [0.2, 0.25) is 0 Å². The number of hydrogen-bond acceptors (Lipinski definition) is 1. The number of aryl methyl sites for hydroxylation is 2. The van der Waals surface area contributed by atoms with Crippen molar-refractivity contribution in [2.45, 2.75) is 26.2 Å². The third-order valence-corrected chi connectivity index (χ3v) is 3.98. The van der Waals surface area contributed by atoms with Crippen LogP contribution in [0.5, 0.6) is 0 Å². The zero-order chi connectivity index (χ0) is 14.5. The molecular formula is C17H16BrFO. The third kappa shape index (κ3) is 4.27. The summed E-state index contributed by atoms with van der Waals surface area (Å²) in [7, 11) is 0. The smallest absolute Gasteiger partial charge is 0.137 e. The molecule has 0 amide bonds. The molecule has 0 atom stereocenters. The summed E-state index contributed by atoms with van der Waals surface area (Å²) in [5.41, 5.74) is 3.07. The number of benzene rings is 2. The zero-order valence-corrected chi connectivity index (χ0v) is 12.9. The normalized spacial score (nSPS) is 10.6. The number of Topliss-reactive ketones (excluding diaryl/α,β-unsaturated/α-hetero) is 1. The standard InChI is InChI=1S/C17H16BrFO/c1-12-2-4-13(5-3-12)6-8-16(20)11-14-10-15(19)7-9-17(14)18/h2-5,7,9-10H,6,8,11H2,1H3. The van der Waals surface area contributed by atoms with E-state index >= 15 is 0 Å². The van der Waals surface area contributed by atoms with Gasteiger partial charge in [-0.2, -0.15) is 0 Å². The summed E-state index contributed by atoms with van der Waals surface area (Å²) in [4.78, 5) is 12.0. The number of carbonyl (C=O) groups is 1. The summed E-state index contributed by atoms with van der Waals surface area (Å²) in [6.45, 7) is 2.04. The Balaban J connectivity index is 1.92. The second-order valence-corrected chi connectivity index (χ2v) is 5.79. The minimum absolute atomic E-state index is 0.122. The highest BCUT2D eigenvalue weighted by atomic mass is 79.9. The summed E-state index contributed by atoms with van der Waals surface area (Å²) >= 11 is 3.34. The SMILES string of the molecule is Cc1ccc(CCC(=O)Cc2cc(F)ccc2Br)cc1. The van der Waals surface area contributed by atoms with Gasteiger partial charge in [-0.05, 0) is 42.7 Å². The minimum atomic E-state index is -0.311. The van der Waals surface area contributed by atoms with Gasteiger partial charge in [0, 0.05) is 17.3 Å². The van der Waals surface area contributed by atoms with E-state index in [0.717, 1.165) is 16.5 Å². The van der Waals surface area contributed by atoms with Gasteiger partial charge in [0.1, 0.15) is 11.6 Å². The van der Waals surface area contributed by atoms with Gasteiger partial charge >= 0.3 is 0 Å². The molecule has 0 N–H and O–H groups in total. The molecule has 2 aromatic rings. The fraction of sp³-hybridized carbons (Fsp3) is 0.235. The molecule has 0 aliphatic heterocycles. The summed E-state index contributed by atoms with van der Waals surface area (Å²) in [6, 6.07) is 12.6. The Labute approximate surface area is 127 Å². The first-order valence-corrected chi connectivity index (χ1v) is 7.35. The number of ketones is 1. The van der Waals surface area contributed by atoms with Crippen molar-refractivity contribution in [2.75, 3.05) is 0 Å². The molecule has 0 radical (unpaired) electrons. The molecule has 2 aromatic carbocycles. The molecule has 0 fully saturated rings. The van der Waals surface area contributed by atoms with E-state index in [1.165, 1.54) is 17.7 Å². The molecule has 2 rings (SSSR count). The Kier molecular flexibility index (Phi) is 5.07. The lowest BCUT2D eigenvalue weighted by Gasteiger charge is -2.05. The van der Waals surface area contributed by atoms with E-state index in [9.17, 15) is 9.18 Å². The number of halogens is 2. The van der Waals surface area contributed by atoms with Gasteiger partial charge < -0.3 is 0 Å². The maximum absolute atomic E-state index is 13.2. The molecular weight excluding hydrogens is 319 g/mol. The molecule has 1 nitrogen and oxygen atoms in total. The molecule has 0 aliphatic rings. The van der Waals surface area contributed by atoms with E-state index in [-0.39, 0.29) is 18.0 Å². The van der Waals surface area contributed by atoms with E-state index in [4.69, 9.17) is 0 Å². The first kappa shape index (κ1) is 14.9. The van der Waals surface area contributed by atoms with Gasteiger partial charge in [0.05, 0.1) is 0 Å². The molecule has 0 aliphatic carbocycles. The van der Waals surface area contributed by atoms with Crippen LogP contribution in [0.2, 0.25) is 0 Å². The van der Waals surface area contributed by atoms with Crippen molar-refractivity contribution in [3.8, 4) is 0 Å². The van der Waals surface area contributed by atoms with Crippen LogP contribution in [0.3, 0.4) is 0 Å². The average molecular weight is 335 g/mol. The molecule has 0 spiro atoms. The second-order valence-electron chi connectivity index (χ2n) is 4.94. The Bertz CT molecular complexity index is 605. The van der Waals surface area contributed by atoms with Gasteiger partial charge in [-0.25, -0.2) is 4.39 Å². The highest BCUT2D eigenvalue weighted by molar-refractivity contribution is 9.10. The van der Waals surface area contributed by atoms with Gasteiger partial charge in [0.15, 0.2) is 0 Å². The van der Waals surface area contributed by atoms with Crippen LogP contribution in [0.1, 0.15) is 23.1 Å². The molecule has 0 unspecified atom stereocenters. The van der Waals surface area contributed by atoms with E-state index in [1.807, 2.05) is 31.2 Å². The van der Waals surface area contributed by atoms with Crippen LogP contribution in [-0.4, -0.2) is 5.78 Å². The van der Waals surface area contributed by atoms with Crippen molar-refractivity contribution in [2.24, 2.45) is 0 Å².